The number of benzene rings is 2. The van der Waals surface area contributed by atoms with Gasteiger partial charge in [0.05, 0.1) is 18.2 Å². The Morgan fingerprint density at radius 3 is 2.47 bits per heavy atom. The van der Waals surface area contributed by atoms with Gasteiger partial charge in [0, 0.05) is 17.6 Å². The fourth-order valence-corrected chi connectivity index (χ4v) is 3.36. The molecule has 3 rings (SSSR count). The number of anilines is 2. The quantitative estimate of drug-likeness (QED) is 0.390. The number of rotatable bonds is 9. The summed E-state index contributed by atoms with van der Waals surface area (Å²) in [6.07, 6.45) is 0.545. The number of nitrogens with zero attached hydrogens (tertiary/aromatic N) is 1. The molecule has 0 radical (unpaired) electrons. The van der Waals surface area contributed by atoms with Gasteiger partial charge >= 0.3 is 0 Å². The molecular weight excluding hydrogens is 396 g/mol. The van der Waals surface area contributed by atoms with Gasteiger partial charge in [-0.3, -0.25) is 4.79 Å². The number of thiazole rings is 1. The number of nitrogens with two attached hydrogens (primary N) is 1. The van der Waals surface area contributed by atoms with Crippen molar-refractivity contribution in [2.24, 2.45) is 0 Å². The minimum Gasteiger partial charge on any atom is -0.387 e. The van der Waals surface area contributed by atoms with Crippen LogP contribution in [0.2, 0.25) is 0 Å². The van der Waals surface area contributed by atoms with Gasteiger partial charge in [0.15, 0.2) is 5.13 Å². The summed E-state index contributed by atoms with van der Waals surface area (Å²) >= 11 is 1.33. The van der Waals surface area contributed by atoms with E-state index in [4.69, 9.17) is 5.73 Å². The summed E-state index contributed by atoms with van der Waals surface area (Å²) in [5.41, 5.74) is 9.08. The van der Waals surface area contributed by atoms with Crippen LogP contribution >= 0.6 is 11.3 Å². The van der Waals surface area contributed by atoms with Crippen molar-refractivity contribution in [1.82, 2.24) is 10.3 Å². The zero-order valence-corrected chi connectivity index (χ0v) is 18.3. The summed E-state index contributed by atoms with van der Waals surface area (Å²) in [5.74, 6) is -0.116. The molecule has 0 aliphatic heterocycles. The zero-order valence-electron chi connectivity index (χ0n) is 17.5. The van der Waals surface area contributed by atoms with Crippen molar-refractivity contribution in [3.05, 3.63) is 76.8 Å². The van der Waals surface area contributed by atoms with E-state index in [2.05, 4.69) is 15.6 Å². The fourth-order valence-electron chi connectivity index (χ4n) is 2.79. The number of amides is 1. The molecule has 30 heavy (non-hydrogen) atoms. The molecule has 0 bridgehead atoms. The third-order valence-electron chi connectivity index (χ3n) is 4.26. The third kappa shape index (κ3) is 7.94. The normalized spacial score (nSPS) is 11.3. The molecule has 0 fully saturated rings. The van der Waals surface area contributed by atoms with Crippen LogP contribution in [0, 0.1) is 0 Å². The van der Waals surface area contributed by atoms with E-state index < -0.39 is 6.10 Å². The largest absolute Gasteiger partial charge is 0.387 e. The molecule has 6 nitrogen and oxygen atoms in total. The maximum atomic E-state index is 12.0. The summed E-state index contributed by atoms with van der Waals surface area (Å²) in [6, 6.07) is 17.4. The van der Waals surface area contributed by atoms with Crippen LogP contribution in [-0.2, 0) is 17.6 Å². The van der Waals surface area contributed by atoms with Gasteiger partial charge in [-0.1, -0.05) is 56.3 Å². The van der Waals surface area contributed by atoms with Crippen molar-refractivity contribution in [3.8, 4) is 0 Å². The minimum atomic E-state index is -0.508. The lowest BCUT2D eigenvalue weighted by molar-refractivity contribution is -0.115. The first kappa shape index (κ1) is 23.5. The van der Waals surface area contributed by atoms with Gasteiger partial charge in [-0.25, -0.2) is 4.98 Å². The highest BCUT2D eigenvalue weighted by atomic mass is 32.1. The second-order valence-electron chi connectivity index (χ2n) is 6.48. The number of hydrogen-bond acceptors (Lipinski definition) is 6. The molecule has 2 aromatic carbocycles. The van der Waals surface area contributed by atoms with Gasteiger partial charge in [-0.15, -0.1) is 11.3 Å². The molecule has 0 saturated carbocycles. The molecule has 1 amide bonds. The maximum Gasteiger partial charge on any atom is 0.230 e. The van der Waals surface area contributed by atoms with Crippen LogP contribution in [0.15, 0.2) is 60.0 Å². The predicted molar refractivity (Wildman–Crippen MR) is 125 cm³/mol. The van der Waals surface area contributed by atoms with E-state index >= 15 is 0 Å². The number of aromatic nitrogens is 1. The van der Waals surface area contributed by atoms with Gasteiger partial charge in [0.25, 0.3) is 0 Å². The first-order valence-corrected chi connectivity index (χ1v) is 11.0. The Morgan fingerprint density at radius 2 is 1.83 bits per heavy atom. The zero-order chi connectivity index (χ0) is 21.8. The van der Waals surface area contributed by atoms with E-state index in [1.165, 1.54) is 11.3 Å². The number of nitrogen functional groups attached to an aromatic ring is 1. The maximum absolute atomic E-state index is 12.0. The van der Waals surface area contributed by atoms with Crippen LogP contribution in [-0.4, -0.2) is 29.1 Å². The molecule has 0 aliphatic carbocycles. The Kier molecular flexibility index (Phi) is 10.00. The lowest BCUT2D eigenvalue weighted by atomic mass is 10.1. The second-order valence-corrected chi connectivity index (χ2v) is 7.37. The van der Waals surface area contributed by atoms with Crippen molar-refractivity contribution in [2.45, 2.75) is 32.8 Å². The van der Waals surface area contributed by atoms with Crippen molar-refractivity contribution in [3.63, 3.8) is 0 Å². The van der Waals surface area contributed by atoms with Crippen LogP contribution < -0.4 is 16.4 Å². The van der Waals surface area contributed by atoms with Gasteiger partial charge < -0.3 is 21.5 Å². The van der Waals surface area contributed by atoms with E-state index in [9.17, 15) is 9.90 Å². The molecule has 0 unspecified atom stereocenters. The summed E-state index contributed by atoms with van der Waals surface area (Å²) in [6.45, 7) is 5.28. The van der Waals surface area contributed by atoms with Gasteiger partial charge in [-0.2, -0.15) is 0 Å². The van der Waals surface area contributed by atoms with Crippen molar-refractivity contribution in [1.29, 1.82) is 0 Å². The first-order chi connectivity index (χ1) is 14.6. The Hall–Kier alpha value is -2.74. The van der Waals surface area contributed by atoms with Gasteiger partial charge in [0.1, 0.15) is 0 Å². The predicted octanol–water partition coefficient (Wildman–Crippen LogP) is 3.80. The first-order valence-electron chi connectivity index (χ1n) is 10.1. The lowest BCUT2D eigenvalue weighted by Gasteiger charge is -2.12. The number of carbonyl (C=O) groups excluding carboxylic acids is 1. The van der Waals surface area contributed by atoms with Crippen molar-refractivity contribution < 1.29 is 9.90 Å². The molecular formula is C23H30N4O2S. The molecule has 7 heteroatoms. The Bertz CT molecular complexity index is 882. The highest BCUT2D eigenvalue weighted by Gasteiger charge is 2.08. The summed E-state index contributed by atoms with van der Waals surface area (Å²) in [7, 11) is 0. The number of carbonyl (C=O) groups is 1. The SMILES string of the molecule is CC.Nc1nc(CC(=O)Nc2ccc(CCNC[C@H](O)c3ccccc3)cc2)cs1. The van der Waals surface area contributed by atoms with Crippen LogP contribution in [0.1, 0.15) is 36.8 Å². The standard InChI is InChI=1S/C21H24N4O2S.C2H6/c22-21-25-18(14-28-21)12-20(27)24-17-8-6-15(7-9-17)10-11-23-13-19(26)16-4-2-1-3-5-16;1-2/h1-9,14,19,23,26H,10-13H2,(H2,22,25)(H,24,27);1-2H3/t19-;/m0./s1. The minimum absolute atomic E-state index is 0.116. The van der Waals surface area contributed by atoms with E-state index in [0.717, 1.165) is 29.8 Å². The topological polar surface area (TPSA) is 100 Å². The molecule has 0 aliphatic rings. The van der Waals surface area contributed by atoms with Crippen LogP contribution in [0.25, 0.3) is 0 Å². The van der Waals surface area contributed by atoms with E-state index in [-0.39, 0.29) is 12.3 Å². The second kappa shape index (κ2) is 12.7. The Balaban J connectivity index is 0.00000155. The summed E-state index contributed by atoms with van der Waals surface area (Å²) in [5, 5.41) is 18.5. The smallest absolute Gasteiger partial charge is 0.230 e. The number of nitrogens with one attached hydrogen (secondary N) is 2. The molecule has 1 heterocycles. The van der Waals surface area contributed by atoms with E-state index in [0.29, 0.717) is 17.4 Å². The fraction of sp³-hybridized carbons (Fsp3) is 0.304. The molecule has 0 spiro atoms. The molecule has 1 aromatic heterocycles. The van der Waals surface area contributed by atoms with Crippen LogP contribution in [0.3, 0.4) is 0 Å². The molecule has 3 aromatic rings. The average molecular weight is 427 g/mol. The lowest BCUT2D eigenvalue weighted by Crippen LogP contribution is -2.23. The van der Waals surface area contributed by atoms with Crippen molar-refractivity contribution in [2.75, 3.05) is 24.1 Å². The van der Waals surface area contributed by atoms with E-state index in [1.54, 1.807) is 5.38 Å². The van der Waals surface area contributed by atoms with Gasteiger partial charge in [-0.05, 0) is 36.2 Å². The molecule has 0 saturated heterocycles. The van der Waals surface area contributed by atoms with Crippen LogP contribution in [0.5, 0.6) is 0 Å². The monoisotopic (exact) mass is 426 g/mol. The van der Waals surface area contributed by atoms with E-state index in [1.807, 2.05) is 68.4 Å². The average Bonchev–Trinajstić information content (AvgIpc) is 3.18. The molecule has 5 N–H and O–H groups in total. The highest BCUT2D eigenvalue weighted by Crippen LogP contribution is 2.14. The molecule has 160 valence electrons. The number of aliphatic hydroxyl groups excluding tert-OH is 1. The van der Waals surface area contributed by atoms with Crippen LogP contribution in [0.4, 0.5) is 10.8 Å². The summed E-state index contributed by atoms with van der Waals surface area (Å²) in [4.78, 5) is 16.1. The number of hydrogen-bond donors (Lipinski definition) is 4. The highest BCUT2D eigenvalue weighted by molar-refractivity contribution is 7.13. The van der Waals surface area contributed by atoms with Gasteiger partial charge in [0.2, 0.25) is 5.91 Å². The third-order valence-corrected chi connectivity index (χ3v) is 4.98. The number of aliphatic hydroxyl groups is 1. The Morgan fingerprint density at radius 1 is 1.13 bits per heavy atom. The van der Waals surface area contributed by atoms with Crippen molar-refractivity contribution >= 4 is 28.1 Å². The summed E-state index contributed by atoms with van der Waals surface area (Å²) < 4.78 is 0. The molecule has 1 atom stereocenters. The Labute approximate surface area is 182 Å².